The van der Waals surface area contributed by atoms with Gasteiger partial charge in [0, 0.05) is 24.6 Å². The normalized spacial score (nSPS) is 12.8. The summed E-state index contributed by atoms with van der Waals surface area (Å²) in [4.78, 5) is 36.0. The number of nitro benzene ring substituents is 1. The number of nitro groups is 1. The van der Waals surface area contributed by atoms with Crippen LogP contribution < -0.4 is 19.5 Å². The number of rotatable bonds is 5. The molecule has 0 N–H and O–H groups in total. The fraction of sp³-hybridized carbons (Fsp3) is 0.217. The highest BCUT2D eigenvalue weighted by molar-refractivity contribution is 7.07. The lowest BCUT2D eigenvalue weighted by atomic mass is 9.91. The van der Waals surface area contributed by atoms with Crippen LogP contribution in [0.5, 0.6) is 11.5 Å². The standard InChI is InChI=1S/C23H21ClN2O5S/c1-23(2,3)20(27)13-21-25(4)22(28)19(32-21)12-14-9-10-18(16(11-14)26(29)30)31-17-8-6-5-7-15(17)24/h5-13H,1-4H3/b19-12+,21-13-. The van der Waals surface area contributed by atoms with Gasteiger partial charge >= 0.3 is 5.69 Å². The zero-order valence-electron chi connectivity index (χ0n) is 17.9. The van der Waals surface area contributed by atoms with E-state index in [0.717, 1.165) is 11.3 Å². The van der Waals surface area contributed by atoms with Gasteiger partial charge in [0.15, 0.2) is 5.78 Å². The summed E-state index contributed by atoms with van der Waals surface area (Å²) in [6.07, 6.45) is 3.00. The van der Waals surface area contributed by atoms with E-state index in [1.54, 1.807) is 64.2 Å². The first-order chi connectivity index (χ1) is 15.0. The summed E-state index contributed by atoms with van der Waals surface area (Å²) in [6, 6.07) is 11.1. The van der Waals surface area contributed by atoms with Crippen molar-refractivity contribution in [3.8, 4) is 11.5 Å². The molecule has 0 bridgehead atoms. The number of Topliss-reactive ketones (excluding diaryl/α,β-unsaturated/α-hetero) is 1. The molecule has 9 heteroatoms. The summed E-state index contributed by atoms with van der Waals surface area (Å²) < 4.78 is 7.89. The van der Waals surface area contributed by atoms with Crippen molar-refractivity contribution in [1.29, 1.82) is 0 Å². The van der Waals surface area contributed by atoms with Gasteiger partial charge in [0.05, 0.1) is 14.5 Å². The summed E-state index contributed by atoms with van der Waals surface area (Å²) in [6.45, 7) is 5.40. The molecule has 3 aromatic rings. The van der Waals surface area contributed by atoms with Crippen LogP contribution in [0.25, 0.3) is 12.2 Å². The van der Waals surface area contributed by atoms with Crippen LogP contribution in [0.15, 0.2) is 47.3 Å². The maximum atomic E-state index is 12.6. The molecular formula is C23H21ClN2O5S. The van der Waals surface area contributed by atoms with Crippen LogP contribution in [0.2, 0.25) is 5.02 Å². The molecule has 0 amide bonds. The van der Waals surface area contributed by atoms with Gasteiger partial charge in [-0.05, 0) is 29.8 Å². The van der Waals surface area contributed by atoms with Crippen molar-refractivity contribution >= 4 is 46.6 Å². The molecule has 1 aromatic heterocycles. The Bertz CT molecular complexity index is 1380. The van der Waals surface area contributed by atoms with Gasteiger partial charge < -0.3 is 9.30 Å². The molecule has 7 nitrogen and oxygen atoms in total. The fourth-order valence-corrected chi connectivity index (χ4v) is 3.89. The van der Waals surface area contributed by atoms with Crippen LogP contribution in [0.3, 0.4) is 0 Å². The van der Waals surface area contributed by atoms with E-state index >= 15 is 0 Å². The van der Waals surface area contributed by atoms with Crippen LogP contribution in [-0.2, 0) is 11.8 Å². The van der Waals surface area contributed by atoms with Gasteiger partial charge in [-0.25, -0.2) is 0 Å². The van der Waals surface area contributed by atoms with Crippen molar-refractivity contribution < 1.29 is 14.5 Å². The SMILES string of the molecule is Cn1c(=O)/c(=C\c2ccc(Oc3ccccc3Cl)c([N+](=O)[O-])c2)s/c1=C\C(=O)C(C)(C)C. The minimum absolute atomic E-state index is 0.0316. The van der Waals surface area contributed by atoms with E-state index in [1.807, 2.05) is 0 Å². The van der Waals surface area contributed by atoms with Crippen molar-refractivity contribution in [2.24, 2.45) is 12.5 Å². The number of hydrogen-bond donors (Lipinski definition) is 0. The molecule has 1 heterocycles. The zero-order chi connectivity index (χ0) is 23.6. The monoisotopic (exact) mass is 472 g/mol. The lowest BCUT2D eigenvalue weighted by Crippen LogP contribution is -2.30. The van der Waals surface area contributed by atoms with E-state index in [1.165, 1.54) is 22.8 Å². The highest BCUT2D eigenvalue weighted by atomic mass is 35.5. The number of carbonyl (C=O) groups excluding carboxylic acids is 1. The third-order valence-corrected chi connectivity index (χ3v) is 6.01. The van der Waals surface area contributed by atoms with Gasteiger partial charge in [0.1, 0.15) is 10.4 Å². The largest absolute Gasteiger partial charge is 0.449 e. The highest BCUT2D eigenvalue weighted by Gasteiger charge is 2.20. The predicted octanol–water partition coefficient (Wildman–Crippen LogP) is 4.03. The van der Waals surface area contributed by atoms with Gasteiger partial charge in [-0.2, -0.15) is 0 Å². The Hall–Kier alpha value is -3.23. The zero-order valence-corrected chi connectivity index (χ0v) is 19.5. The number of halogens is 1. The van der Waals surface area contributed by atoms with Gasteiger partial charge in [0.2, 0.25) is 5.75 Å². The van der Waals surface area contributed by atoms with Gasteiger partial charge in [-0.3, -0.25) is 19.7 Å². The molecule has 0 atom stereocenters. The van der Waals surface area contributed by atoms with Gasteiger partial charge in [-0.15, -0.1) is 11.3 Å². The lowest BCUT2D eigenvalue weighted by Gasteiger charge is -2.12. The smallest absolute Gasteiger partial charge is 0.312 e. The second kappa shape index (κ2) is 9.10. The first kappa shape index (κ1) is 23.4. The van der Waals surface area contributed by atoms with Crippen LogP contribution in [-0.4, -0.2) is 15.3 Å². The van der Waals surface area contributed by atoms with Crippen molar-refractivity contribution in [3.05, 3.63) is 82.7 Å². The summed E-state index contributed by atoms with van der Waals surface area (Å²) in [5, 5.41) is 11.9. The number of ether oxygens (including phenoxy) is 1. The highest BCUT2D eigenvalue weighted by Crippen LogP contribution is 2.35. The molecule has 0 spiro atoms. The Labute approximate surface area is 193 Å². The Balaban J connectivity index is 2.06. The van der Waals surface area contributed by atoms with Crippen molar-refractivity contribution in [2.75, 3.05) is 0 Å². The molecule has 0 saturated carbocycles. The third-order valence-electron chi connectivity index (χ3n) is 4.59. The first-order valence-electron chi connectivity index (χ1n) is 9.62. The van der Waals surface area contributed by atoms with E-state index in [4.69, 9.17) is 16.3 Å². The third kappa shape index (κ3) is 5.15. The number of hydrogen-bond acceptors (Lipinski definition) is 6. The van der Waals surface area contributed by atoms with Gasteiger partial charge in [-0.1, -0.05) is 50.6 Å². The average molecular weight is 473 g/mol. The maximum absolute atomic E-state index is 12.6. The Morgan fingerprint density at radius 2 is 1.88 bits per heavy atom. The molecule has 32 heavy (non-hydrogen) atoms. The molecular weight excluding hydrogens is 452 g/mol. The molecule has 0 aliphatic rings. The quantitative estimate of drug-likeness (QED) is 0.413. The van der Waals surface area contributed by atoms with E-state index in [0.29, 0.717) is 25.5 Å². The summed E-state index contributed by atoms with van der Waals surface area (Å²) in [5.41, 5.74) is -0.665. The number of nitrogens with zero attached hydrogens (tertiary/aromatic N) is 2. The minimum atomic E-state index is -0.567. The van der Waals surface area contributed by atoms with Crippen molar-refractivity contribution in [3.63, 3.8) is 0 Å². The average Bonchev–Trinajstić information content (AvgIpc) is 2.97. The number of thiazole rings is 1. The molecule has 0 aliphatic carbocycles. The number of carbonyl (C=O) groups is 1. The van der Waals surface area contributed by atoms with Crippen LogP contribution >= 0.6 is 22.9 Å². The summed E-state index contributed by atoms with van der Waals surface area (Å²) in [5.74, 6) is 0.228. The maximum Gasteiger partial charge on any atom is 0.312 e. The molecule has 2 aromatic carbocycles. The predicted molar refractivity (Wildman–Crippen MR) is 126 cm³/mol. The Morgan fingerprint density at radius 1 is 1.19 bits per heavy atom. The molecule has 3 rings (SSSR count). The summed E-state index contributed by atoms with van der Waals surface area (Å²) in [7, 11) is 1.58. The van der Waals surface area contributed by atoms with Crippen LogP contribution in [0, 0.1) is 15.5 Å². The molecule has 0 fully saturated rings. The summed E-state index contributed by atoms with van der Waals surface area (Å²) >= 11 is 7.23. The van der Waals surface area contributed by atoms with Gasteiger partial charge in [0.25, 0.3) is 5.56 Å². The minimum Gasteiger partial charge on any atom is -0.449 e. The van der Waals surface area contributed by atoms with E-state index in [-0.39, 0.29) is 22.8 Å². The molecule has 0 radical (unpaired) electrons. The number of para-hydroxylation sites is 1. The molecule has 0 saturated heterocycles. The van der Waals surface area contributed by atoms with E-state index in [9.17, 15) is 19.7 Å². The van der Waals surface area contributed by atoms with Crippen molar-refractivity contribution in [1.82, 2.24) is 4.57 Å². The molecule has 0 aliphatic heterocycles. The second-order valence-electron chi connectivity index (χ2n) is 8.09. The van der Waals surface area contributed by atoms with E-state index < -0.39 is 10.3 Å². The second-order valence-corrected chi connectivity index (χ2v) is 9.56. The number of ketones is 1. The molecule has 166 valence electrons. The fourth-order valence-electron chi connectivity index (χ4n) is 2.69. The Kier molecular flexibility index (Phi) is 6.66. The number of aromatic nitrogens is 1. The molecule has 0 unspecified atom stereocenters. The van der Waals surface area contributed by atoms with Crippen LogP contribution in [0.1, 0.15) is 26.3 Å². The topological polar surface area (TPSA) is 91.4 Å². The van der Waals surface area contributed by atoms with E-state index in [2.05, 4.69) is 0 Å². The van der Waals surface area contributed by atoms with Crippen molar-refractivity contribution in [2.45, 2.75) is 20.8 Å². The first-order valence-corrected chi connectivity index (χ1v) is 10.8. The Morgan fingerprint density at radius 3 is 2.50 bits per heavy atom. The lowest BCUT2D eigenvalue weighted by molar-refractivity contribution is -0.385. The number of benzene rings is 2. The van der Waals surface area contributed by atoms with Crippen LogP contribution in [0.4, 0.5) is 5.69 Å².